The number of fused-ring (bicyclic) bond motifs is 1. The number of rotatable bonds is 6. The summed E-state index contributed by atoms with van der Waals surface area (Å²) in [5.74, 6) is -0.404. The van der Waals surface area contributed by atoms with Crippen molar-refractivity contribution in [2.75, 3.05) is 0 Å². The topological polar surface area (TPSA) is 93.1 Å². The third kappa shape index (κ3) is 4.24. The first-order chi connectivity index (χ1) is 12.5. The van der Waals surface area contributed by atoms with E-state index in [0.29, 0.717) is 22.6 Å². The number of imide groups is 1. The summed E-state index contributed by atoms with van der Waals surface area (Å²) < 4.78 is 1.60. The fourth-order valence-electron chi connectivity index (χ4n) is 2.53. The van der Waals surface area contributed by atoms with Gasteiger partial charge in [0.25, 0.3) is 5.56 Å². The van der Waals surface area contributed by atoms with Crippen LogP contribution in [0.3, 0.4) is 0 Å². The Kier molecular flexibility index (Phi) is 5.61. The molecular weight excluding hydrogens is 352 g/mol. The number of nitrogens with zero attached hydrogens (tertiary/aromatic N) is 2. The fourth-order valence-corrected chi connectivity index (χ4v) is 3.47. The molecule has 3 rings (SSSR count). The van der Waals surface area contributed by atoms with E-state index < -0.39 is 17.2 Å². The third-order valence-corrected chi connectivity index (χ3v) is 5.16. The standard InChI is InChI=1S/C18H22N4O3S/c1-3-10-22-16(24)13-6-4-5-7-14(13)20-18(22)26-11(2)15(23)21-17(25)19-12-8-9-12/h4-7,11-12H,3,8-10H2,1-2H3,(H2,19,21,23,25). The second kappa shape index (κ2) is 7.90. The molecule has 1 saturated carbocycles. The summed E-state index contributed by atoms with van der Waals surface area (Å²) in [7, 11) is 0. The van der Waals surface area contributed by atoms with E-state index in [1.165, 1.54) is 11.8 Å². The van der Waals surface area contributed by atoms with Crippen molar-refractivity contribution < 1.29 is 9.59 Å². The lowest BCUT2D eigenvalue weighted by atomic mass is 10.2. The SMILES string of the molecule is CCCn1c(SC(C)C(=O)NC(=O)NC2CC2)nc2ccccc2c1=O. The van der Waals surface area contributed by atoms with Crippen LogP contribution in [0.25, 0.3) is 10.9 Å². The van der Waals surface area contributed by atoms with Crippen molar-refractivity contribution in [3.05, 3.63) is 34.6 Å². The molecule has 1 unspecified atom stereocenters. The number of aromatic nitrogens is 2. The minimum atomic E-state index is -0.559. The number of hydrogen-bond acceptors (Lipinski definition) is 5. The van der Waals surface area contributed by atoms with Crippen LogP contribution < -0.4 is 16.2 Å². The molecule has 3 amide bonds. The van der Waals surface area contributed by atoms with Gasteiger partial charge in [0.05, 0.1) is 16.2 Å². The number of carbonyl (C=O) groups excluding carboxylic acids is 2. The Morgan fingerprint density at radius 2 is 2.08 bits per heavy atom. The van der Waals surface area contributed by atoms with Crippen LogP contribution in [-0.2, 0) is 11.3 Å². The summed E-state index contributed by atoms with van der Waals surface area (Å²) >= 11 is 1.18. The van der Waals surface area contributed by atoms with E-state index in [1.54, 1.807) is 23.6 Å². The zero-order valence-electron chi connectivity index (χ0n) is 14.8. The van der Waals surface area contributed by atoms with Crippen LogP contribution in [0, 0.1) is 0 Å². The highest BCUT2D eigenvalue weighted by Gasteiger charge is 2.26. The normalized spacial score (nSPS) is 14.8. The van der Waals surface area contributed by atoms with Crippen molar-refractivity contribution in [2.24, 2.45) is 0 Å². The van der Waals surface area contributed by atoms with Gasteiger partial charge < -0.3 is 5.32 Å². The van der Waals surface area contributed by atoms with E-state index in [2.05, 4.69) is 15.6 Å². The number of amides is 3. The Hall–Kier alpha value is -2.35. The predicted molar refractivity (Wildman–Crippen MR) is 101 cm³/mol. The quantitative estimate of drug-likeness (QED) is 0.598. The van der Waals surface area contributed by atoms with Gasteiger partial charge in [0.1, 0.15) is 0 Å². The van der Waals surface area contributed by atoms with Crippen molar-refractivity contribution in [3.63, 3.8) is 0 Å². The molecule has 0 radical (unpaired) electrons. The van der Waals surface area contributed by atoms with E-state index in [0.717, 1.165) is 19.3 Å². The van der Waals surface area contributed by atoms with Crippen molar-refractivity contribution >= 4 is 34.6 Å². The molecule has 7 nitrogen and oxygen atoms in total. The number of benzene rings is 1. The van der Waals surface area contributed by atoms with Crippen molar-refractivity contribution in [2.45, 2.75) is 56.1 Å². The summed E-state index contributed by atoms with van der Waals surface area (Å²) in [4.78, 5) is 41.3. The van der Waals surface area contributed by atoms with Crippen LogP contribution >= 0.6 is 11.8 Å². The molecule has 0 saturated heterocycles. The average molecular weight is 374 g/mol. The highest BCUT2D eigenvalue weighted by Crippen LogP contribution is 2.23. The lowest BCUT2D eigenvalue weighted by molar-refractivity contribution is -0.119. The second-order valence-corrected chi connectivity index (χ2v) is 7.67. The first-order valence-electron chi connectivity index (χ1n) is 8.77. The van der Waals surface area contributed by atoms with Gasteiger partial charge >= 0.3 is 6.03 Å². The predicted octanol–water partition coefficient (Wildman–Crippen LogP) is 2.28. The third-order valence-electron chi connectivity index (χ3n) is 4.07. The molecule has 1 heterocycles. The lowest BCUT2D eigenvalue weighted by Gasteiger charge is -2.15. The van der Waals surface area contributed by atoms with Gasteiger partial charge in [-0.1, -0.05) is 30.8 Å². The van der Waals surface area contributed by atoms with Crippen molar-refractivity contribution in [3.8, 4) is 0 Å². The number of nitrogens with one attached hydrogen (secondary N) is 2. The molecule has 1 aromatic carbocycles. The summed E-state index contributed by atoms with van der Waals surface area (Å²) in [5, 5.41) is 5.56. The average Bonchev–Trinajstić information content (AvgIpc) is 3.42. The molecule has 1 aromatic heterocycles. The van der Waals surface area contributed by atoms with Gasteiger partial charge in [-0.05, 0) is 38.3 Å². The maximum atomic E-state index is 12.7. The Balaban J connectivity index is 1.79. The smallest absolute Gasteiger partial charge is 0.321 e. The van der Waals surface area contributed by atoms with E-state index in [1.807, 2.05) is 19.1 Å². The van der Waals surface area contributed by atoms with Crippen LogP contribution in [0.1, 0.15) is 33.1 Å². The van der Waals surface area contributed by atoms with Crippen molar-refractivity contribution in [1.29, 1.82) is 0 Å². The summed E-state index contributed by atoms with van der Waals surface area (Å²) in [6.07, 6.45) is 2.68. The van der Waals surface area contributed by atoms with E-state index >= 15 is 0 Å². The van der Waals surface area contributed by atoms with Gasteiger partial charge in [-0.15, -0.1) is 0 Å². The molecule has 1 aliphatic rings. The van der Waals surface area contributed by atoms with Crippen molar-refractivity contribution in [1.82, 2.24) is 20.2 Å². The highest BCUT2D eigenvalue weighted by molar-refractivity contribution is 8.00. The minimum absolute atomic E-state index is 0.112. The number of thioether (sulfide) groups is 1. The van der Waals surface area contributed by atoms with Crippen LogP contribution in [0.4, 0.5) is 4.79 Å². The first kappa shape index (κ1) is 18.4. The second-order valence-electron chi connectivity index (χ2n) is 6.37. The molecule has 26 heavy (non-hydrogen) atoms. The Bertz CT molecular complexity index is 892. The van der Waals surface area contributed by atoms with Gasteiger partial charge in [0.2, 0.25) is 5.91 Å². The molecule has 1 atom stereocenters. The molecule has 8 heteroatoms. The zero-order chi connectivity index (χ0) is 18.7. The monoisotopic (exact) mass is 374 g/mol. The number of para-hydroxylation sites is 1. The molecule has 0 bridgehead atoms. The first-order valence-corrected chi connectivity index (χ1v) is 9.65. The molecule has 0 aliphatic heterocycles. The van der Waals surface area contributed by atoms with Gasteiger partial charge in [-0.3, -0.25) is 19.5 Å². The zero-order valence-corrected chi connectivity index (χ0v) is 15.6. The minimum Gasteiger partial charge on any atom is -0.335 e. The lowest BCUT2D eigenvalue weighted by Crippen LogP contribution is -2.43. The summed E-state index contributed by atoms with van der Waals surface area (Å²) in [6.45, 7) is 4.20. The number of urea groups is 1. The molecule has 1 aliphatic carbocycles. The van der Waals surface area contributed by atoms with Gasteiger partial charge in [-0.25, -0.2) is 9.78 Å². The Morgan fingerprint density at radius 3 is 2.77 bits per heavy atom. The number of carbonyl (C=O) groups is 2. The number of hydrogen-bond donors (Lipinski definition) is 2. The molecule has 2 aromatic rings. The van der Waals surface area contributed by atoms with Crippen LogP contribution in [-0.4, -0.2) is 32.8 Å². The van der Waals surface area contributed by atoms with E-state index in [4.69, 9.17) is 0 Å². The Morgan fingerprint density at radius 1 is 1.35 bits per heavy atom. The molecule has 2 N–H and O–H groups in total. The summed E-state index contributed by atoms with van der Waals surface area (Å²) in [5.41, 5.74) is 0.491. The van der Waals surface area contributed by atoms with Crippen LogP contribution in [0.2, 0.25) is 0 Å². The molecule has 0 spiro atoms. The molecule has 138 valence electrons. The van der Waals surface area contributed by atoms with Gasteiger partial charge in [0, 0.05) is 12.6 Å². The van der Waals surface area contributed by atoms with Gasteiger partial charge in [0.15, 0.2) is 5.16 Å². The largest absolute Gasteiger partial charge is 0.335 e. The Labute approximate surface area is 155 Å². The maximum absolute atomic E-state index is 12.7. The summed E-state index contributed by atoms with van der Waals surface area (Å²) in [6, 6.07) is 6.88. The molecular formula is C18H22N4O3S. The maximum Gasteiger partial charge on any atom is 0.321 e. The highest BCUT2D eigenvalue weighted by atomic mass is 32.2. The van der Waals surface area contributed by atoms with Crippen LogP contribution in [0.5, 0.6) is 0 Å². The fraction of sp³-hybridized carbons (Fsp3) is 0.444. The van der Waals surface area contributed by atoms with Gasteiger partial charge in [-0.2, -0.15) is 0 Å². The van der Waals surface area contributed by atoms with E-state index in [9.17, 15) is 14.4 Å². The molecule has 1 fully saturated rings. The van der Waals surface area contributed by atoms with Crippen LogP contribution in [0.15, 0.2) is 34.2 Å². The van der Waals surface area contributed by atoms with E-state index in [-0.39, 0.29) is 11.6 Å².